The number of aryl methyl sites for hydroxylation is 1. The van der Waals surface area contributed by atoms with E-state index in [4.69, 9.17) is 11.1 Å². The van der Waals surface area contributed by atoms with Crippen LogP contribution in [0.3, 0.4) is 0 Å². The lowest BCUT2D eigenvalue weighted by Gasteiger charge is -2.30. The second kappa shape index (κ2) is 4.61. The Morgan fingerprint density at radius 1 is 1.33 bits per heavy atom. The van der Waals surface area contributed by atoms with Crippen LogP contribution >= 0.6 is 0 Å². The number of amidine groups is 1. The molecule has 98 valence electrons. The maximum atomic E-state index is 11.4. The van der Waals surface area contributed by atoms with E-state index in [1.807, 2.05) is 19.1 Å². The van der Waals surface area contributed by atoms with Crippen LogP contribution in [0.5, 0.6) is 0 Å². The first-order valence-electron chi connectivity index (χ1n) is 5.79. The number of hydrogen-bond acceptors (Lipinski definition) is 4. The van der Waals surface area contributed by atoms with Gasteiger partial charge in [0.2, 0.25) is 0 Å². The molecule has 1 fully saturated rings. The summed E-state index contributed by atoms with van der Waals surface area (Å²) in [7, 11) is -2.85. The first kappa shape index (κ1) is 12.9. The van der Waals surface area contributed by atoms with E-state index in [0.717, 1.165) is 11.3 Å². The number of benzene rings is 1. The van der Waals surface area contributed by atoms with Crippen molar-refractivity contribution in [2.75, 3.05) is 29.5 Å². The fraction of sp³-hybridized carbons (Fsp3) is 0.417. The molecule has 1 aromatic carbocycles. The van der Waals surface area contributed by atoms with Crippen molar-refractivity contribution >= 4 is 21.4 Å². The highest BCUT2D eigenvalue weighted by Gasteiger charge is 2.22. The number of anilines is 1. The first-order valence-corrected chi connectivity index (χ1v) is 7.61. The quantitative estimate of drug-likeness (QED) is 0.604. The average molecular weight is 267 g/mol. The van der Waals surface area contributed by atoms with Crippen molar-refractivity contribution in [3.63, 3.8) is 0 Å². The van der Waals surface area contributed by atoms with E-state index < -0.39 is 9.84 Å². The van der Waals surface area contributed by atoms with Crippen LogP contribution in [-0.2, 0) is 9.84 Å². The van der Waals surface area contributed by atoms with Crippen LogP contribution in [0.2, 0.25) is 0 Å². The van der Waals surface area contributed by atoms with Crippen molar-refractivity contribution in [1.82, 2.24) is 0 Å². The Hall–Kier alpha value is -1.56. The van der Waals surface area contributed by atoms with Crippen molar-refractivity contribution in [1.29, 1.82) is 5.41 Å². The number of nitrogens with one attached hydrogen (secondary N) is 1. The van der Waals surface area contributed by atoms with Gasteiger partial charge in [-0.25, -0.2) is 8.42 Å². The molecule has 0 aromatic heterocycles. The third kappa shape index (κ3) is 2.64. The van der Waals surface area contributed by atoms with Gasteiger partial charge in [-0.2, -0.15) is 0 Å². The summed E-state index contributed by atoms with van der Waals surface area (Å²) in [4.78, 5) is 2.07. The molecule has 1 saturated heterocycles. The van der Waals surface area contributed by atoms with Crippen molar-refractivity contribution in [2.45, 2.75) is 6.92 Å². The van der Waals surface area contributed by atoms with Crippen LogP contribution in [0.4, 0.5) is 5.69 Å². The highest BCUT2D eigenvalue weighted by Crippen LogP contribution is 2.23. The number of sulfone groups is 1. The fourth-order valence-corrected chi connectivity index (χ4v) is 3.33. The van der Waals surface area contributed by atoms with E-state index in [2.05, 4.69) is 4.90 Å². The number of nitrogens with zero attached hydrogens (tertiary/aromatic N) is 1. The summed E-state index contributed by atoms with van der Waals surface area (Å²) in [5.74, 6) is 0.466. The molecule has 0 aliphatic carbocycles. The van der Waals surface area contributed by atoms with Gasteiger partial charge in [0.05, 0.1) is 11.5 Å². The summed E-state index contributed by atoms with van der Waals surface area (Å²) in [6.45, 7) is 3.01. The van der Waals surface area contributed by atoms with E-state index in [1.165, 1.54) is 0 Å². The smallest absolute Gasteiger partial charge is 0.153 e. The van der Waals surface area contributed by atoms with Crippen molar-refractivity contribution in [3.05, 3.63) is 29.3 Å². The van der Waals surface area contributed by atoms with Crippen molar-refractivity contribution in [3.8, 4) is 0 Å². The third-order valence-corrected chi connectivity index (χ3v) is 4.80. The zero-order valence-electron chi connectivity index (χ0n) is 10.3. The molecule has 18 heavy (non-hydrogen) atoms. The van der Waals surface area contributed by atoms with Gasteiger partial charge >= 0.3 is 0 Å². The molecule has 1 aliphatic heterocycles. The molecule has 6 heteroatoms. The van der Waals surface area contributed by atoms with E-state index in [-0.39, 0.29) is 17.3 Å². The summed E-state index contributed by atoms with van der Waals surface area (Å²) in [5, 5.41) is 7.38. The third-order valence-electron chi connectivity index (χ3n) is 3.19. The van der Waals surface area contributed by atoms with Crippen LogP contribution < -0.4 is 10.6 Å². The van der Waals surface area contributed by atoms with Crippen LogP contribution in [-0.4, -0.2) is 38.8 Å². The van der Waals surface area contributed by atoms with Gasteiger partial charge in [0.1, 0.15) is 5.84 Å². The Morgan fingerprint density at radius 2 is 1.94 bits per heavy atom. The summed E-state index contributed by atoms with van der Waals surface area (Å²) in [5.41, 5.74) is 8.17. The van der Waals surface area contributed by atoms with E-state index in [1.54, 1.807) is 6.07 Å². The fourth-order valence-electron chi connectivity index (χ4n) is 2.13. The number of hydrogen-bond donors (Lipinski definition) is 2. The first-order chi connectivity index (χ1) is 8.39. The van der Waals surface area contributed by atoms with Crippen LogP contribution in [0.15, 0.2) is 18.2 Å². The molecule has 1 aliphatic rings. The molecule has 0 bridgehead atoms. The standard InChI is InChI=1S/C12H17N3O2S/c1-9-8-10(12(13)14)2-3-11(9)15-4-6-18(16,17)7-5-15/h2-3,8H,4-7H2,1H3,(H3,13,14). The number of rotatable bonds is 2. The molecule has 0 radical (unpaired) electrons. The average Bonchev–Trinajstić information content (AvgIpc) is 2.29. The SMILES string of the molecule is Cc1cc(C(=N)N)ccc1N1CCS(=O)(=O)CC1. The van der Waals surface area contributed by atoms with Gasteiger partial charge in [0, 0.05) is 24.3 Å². The minimum Gasteiger partial charge on any atom is -0.384 e. The van der Waals surface area contributed by atoms with E-state index in [0.29, 0.717) is 18.7 Å². The zero-order chi connectivity index (χ0) is 13.3. The monoisotopic (exact) mass is 267 g/mol. The lowest BCUT2D eigenvalue weighted by atomic mass is 10.1. The predicted molar refractivity (Wildman–Crippen MR) is 73.1 cm³/mol. The van der Waals surface area contributed by atoms with E-state index in [9.17, 15) is 8.42 Å². The molecular formula is C12H17N3O2S. The minimum atomic E-state index is -2.85. The van der Waals surface area contributed by atoms with E-state index >= 15 is 0 Å². The van der Waals surface area contributed by atoms with Gasteiger partial charge in [-0.1, -0.05) is 0 Å². The molecule has 0 unspecified atom stereocenters. The van der Waals surface area contributed by atoms with Gasteiger partial charge in [-0.05, 0) is 30.7 Å². The van der Waals surface area contributed by atoms with Gasteiger partial charge in [-0.15, -0.1) is 0 Å². The van der Waals surface area contributed by atoms with Gasteiger partial charge in [-0.3, -0.25) is 5.41 Å². The topological polar surface area (TPSA) is 87.2 Å². The van der Waals surface area contributed by atoms with Gasteiger partial charge < -0.3 is 10.6 Å². The Balaban J connectivity index is 2.22. The van der Waals surface area contributed by atoms with Crippen LogP contribution in [0.25, 0.3) is 0 Å². The molecule has 0 saturated carbocycles. The van der Waals surface area contributed by atoms with Gasteiger partial charge in [0.15, 0.2) is 9.84 Å². The summed E-state index contributed by atoms with van der Waals surface area (Å²) in [6, 6.07) is 5.57. The van der Waals surface area contributed by atoms with Crippen molar-refractivity contribution < 1.29 is 8.42 Å². The Labute approximate surface area is 107 Å². The number of nitrogen functional groups attached to an aromatic ring is 1. The highest BCUT2D eigenvalue weighted by molar-refractivity contribution is 7.91. The van der Waals surface area contributed by atoms with Crippen LogP contribution in [0.1, 0.15) is 11.1 Å². The molecule has 2 rings (SSSR count). The Morgan fingerprint density at radius 3 is 2.44 bits per heavy atom. The molecule has 3 N–H and O–H groups in total. The Kier molecular flexibility index (Phi) is 3.30. The predicted octanol–water partition coefficient (Wildman–Crippen LogP) is 0.514. The Bertz CT molecular complexity index is 567. The zero-order valence-corrected chi connectivity index (χ0v) is 11.1. The molecule has 0 atom stereocenters. The summed E-state index contributed by atoms with van der Waals surface area (Å²) < 4.78 is 22.8. The largest absolute Gasteiger partial charge is 0.384 e. The second-order valence-electron chi connectivity index (χ2n) is 4.55. The summed E-state index contributed by atoms with van der Waals surface area (Å²) in [6.07, 6.45) is 0. The van der Waals surface area contributed by atoms with Crippen molar-refractivity contribution in [2.24, 2.45) is 5.73 Å². The lowest BCUT2D eigenvalue weighted by Crippen LogP contribution is -2.40. The van der Waals surface area contributed by atoms with Crippen LogP contribution in [0, 0.1) is 12.3 Å². The lowest BCUT2D eigenvalue weighted by molar-refractivity contribution is 0.586. The minimum absolute atomic E-state index is 0.0471. The maximum absolute atomic E-state index is 11.4. The highest BCUT2D eigenvalue weighted by atomic mass is 32.2. The molecule has 1 heterocycles. The second-order valence-corrected chi connectivity index (χ2v) is 6.86. The molecular weight excluding hydrogens is 250 g/mol. The molecule has 0 spiro atoms. The number of nitrogens with two attached hydrogens (primary N) is 1. The summed E-state index contributed by atoms with van der Waals surface area (Å²) >= 11 is 0. The molecule has 0 amide bonds. The molecule has 5 nitrogen and oxygen atoms in total. The maximum Gasteiger partial charge on any atom is 0.153 e. The normalized spacial score (nSPS) is 18.6. The molecule has 1 aromatic rings. The van der Waals surface area contributed by atoms with Gasteiger partial charge in [0.25, 0.3) is 0 Å².